The molecule has 0 radical (unpaired) electrons. The largest absolute Gasteiger partial charge is 0.311 e. The fraction of sp³-hybridized carbons (Fsp3) is 0.267. The van der Waals surface area contributed by atoms with Gasteiger partial charge in [0.05, 0.1) is 11.0 Å². The topological polar surface area (TPSA) is 11.4 Å². The first kappa shape index (κ1) is 59.9. The van der Waals surface area contributed by atoms with E-state index in [1.54, 1.807) is 0 Å². The molecule has 2 aliphatic heterocycles. The van der Waals surface area contributed by atoms with Crippen molar-refractivity contribution in [2.45, 2.75) is 155 Å². The third-order valence-electron chi connectivity index (χ3n) is 22.7. The van der Waals surface area contributed by atoms with Gasteiger partial charge in [-0.25, -0.2) is 0 Å². The molecule has 94 heavy (non-hydrogen) atoms. The zero-order chi connectivity index (χ0) is 65.2. The lowest BCUT2D eigenvalue weighted by molar-refractivity contribution is 0.332. The average molecular weight is 1220 g/mol. The Morgan fingerprint density at radius 2 is 0.670 bits per heavy atom. The van der Waals surface area contributed by atoms with Gasteiger partial charge in [-0.3, -0.25) is 0 Å². The van der Waals surface area contributed by atoms with Gasteiger partial charge in [0.15, 0.2) is 0 Å². The van der Waals surface area contributed by atoms with E-state index in [1.165, 1.54) is 165 Å². The maximum atomic E-state index is 2.62. The molecule has 2 aliphatic carbocycles. The second-order valence-electron chi connectivity index (χ2n) is 32.7. The highest BCUT2D eigenvalue weighted by Crippen LogP contribution is 2.52. The summed E-state index contributed by atoms with van der Waals surface area (Å²) < 4.78 is 2.49. The van der Waals surface area contributed by atoms with Crippen LogP contribution in [0.15, 0.2) is 231 Å². The van der Waals surface area contributed by atoms with Gasteiger partial charge in [0.2, 0.25) is 0 Å². The van der Waals surface area contributed by atoms with E-state index >= 15 is 0 Å². The van der Waals surface area contributed by atoms with Crippen molar-refractivity contribution in [2.24, 2.45) is 0 Å². The molecule has 0 bridgehead atoms. The summed E-state index contributed by atoms with van der Waals surface area (Å²) in [7, 11) is 0. The minimum absolute atomic E-state index is 0.00624. The van der Waals surface area contributed by atoms with Crippen molar-refractivity contribution in [3.8, 4) is 50.2 Å². The Hall–Kier alpha value is -9.12. The van der Waals surface area contributed by atoms with Crippen LogP contribution in [0.1, 0.15) is 156 Å². The van der Waals surface area contributed by atoms with Gasteiger partial charge in [0.25, 0.3) is 6.71 Å². The van der Waals surface area contributed by atoms with Gasteiger partial charge in [-0.1, -0.05) is 261 Å². The Labute approximate surface area is 559 Å². The van der Waals surface area contributed by atoms with E-state index in [9.17, 15) is 0 Å². The lowest BCUT2D eigenvalue weighted by Gasteiger charge is -2.44. The summed E-state index contributed by atoms with van der Waals surface area (Å²) in [6.45, 7) is 33.2. The molecule has 0 saturated carbocycles. The predicted octanol–water partition coefficient (Wildman–Crippen LogP) is 22.8. The number of nitrogens with zero attached hydrogens (tertiary/aromatic N) is 3. The first-order valence-electron chi connectivity index (χ1n) is 34.6. The minimum atomic E-state index is -0.120. The monoisotopic (exact) mass is 1220 g/mol. The van der Waals surface area contributed by atoms with E-state index in [1.807, 2.05) is 0 Å². The number of anilines is 6. The predicted molar refractivity (Wildman–Crippen MR) is 405 cm³/mol. The molecule has 4 heteroatoms. The summed E-state index contributed by atoms with van der Waals surface area (Å²) in [5.41, 5.74) is 33.3. The van der Waals surface area contributed by atoms with Crippen LogP contribution in [0.4, 0.5) is 34.1 Å². The third-order valence-corrected chi connectivity index (χ3v) is 22.7. The highest BCUT2D eigenvalue weighted by molar-refractivity contribution is 7.00. The van der Waals surface area contributed by atoms with Crippen molar-refractivity contribution in [3.63, 3.8) is 0 Å². The molecule has 0 atom stereocenters. The zero-order valence-electron chi connectivity index (χ0n) is 57.7. The molecular formula is C90H88BN3. The summed E-state index contributed by atoms with van der Waals surface area (Å²) in [5, 5.41) is 2.50. The molecule has 0 spiro atoms. The lowest BCUT2D eigenvalue weighted by atomic mass is 9.33. The van der Waals surface area contributed by atoms with Crippen LogP contribution in [0.25, 0.3) is 72.0 Å². The van der Waals surface area contributed by atoms with Crippen LogP contribution < -0.4 is 26.2 Å². The van der Waals surface area contributed by atoms with E-state index in [0.29, 0.717) is 0 Å². The lowest BCUT2D eigenvalue weighted by Crippen LogP contribution is -2.61. The molecule has 16 rings (SSSR count). The quantitative estimate of drug-likeness (QED) is 0.147. The molecular weight excluding hydrogens is 1130 g/mol. The Bertz CT molecular complexity index is 4960. The van der Waals surface area contributed by atoms with Crippen molar-refractivity contribution in [3.05, 3.63) is 264 Å². The highest BCUT2D eigenvalue weighted by Gasteiger charge is 2.45. The fourth-order valence-electron chi connectivity index (χ4n) is 16.7. The second-order valence-corrected chi connectivity index (χ2v) is 32.7. The van der Waals surface area contributed by atoms with Gasteiger partial charge in [-0.2, -0.15) is 0 Å². The van der Waals surface area contributed by atoms with Gasteiger partial charge < -0.3 is 14.4 Å². The van der Waals surface area contributed by atoms with Crippen LogP contribution in [-0.4, -0.2) is 11.3 Å². The molecule has 12 aromatic rings. The molecule has 3 heterocycles. The molecule has 0 fully saturated rings. The number of hydrogen-bond acceptors (Lipinski definition) is 2. The summed E-state index contributed by atoms with van der Waals surface area (Å²) in [6, 6.07) is 90.1. The molecule has 4 aliphatic rings. The normalized spacial score (nSPS) is 16.5. The van der Waals surface area contributed by atoms with Crippen LogP contribution in [0.2, 0.25) is 0 Å². The van der Waals surface area contributed by atoms with Crippen LogP contribution in [0, 0.1) is 0 Å². The Morgan fingerprint density at radius 1 is 0.298 bits per heavy atom. The number of fused-ring (bicyclic) bond motifs is 9. The summed E-state index contributed by atoms with van der Waals surface area (Å²) in [5.74, 6) is 0. The van der Waals surface area contributed by atoms with Crippen molar-refractivity contribution in [1.82, 2.24) is 4.57 Å². The SMILES string of the molecule is CC(C)(C)c1ccc(-c2ccc3c(c2)B2c4ccc(-n5c6ccccc6c6ccccc65)cc4N(c4ccc(-c5ccc6c(c5)C(C)(C)CCC6(C)C)cc4)c4cc(-c5ccc(C(C)(C)C)cc5)cc(c42)N3c2ccc(-c3ccc4c(c3)C(C)(C)CCC4(C)C)cc2)cc1. The first-order chi connectivity index (χ1) is 44.8. The van der Waals surface area contributed by atoms with Gasteiger partial charge in [-0.15, -0.1) is 0 Å². The van der Waals surface area contributed by atoms with Crippen molar-refractivity contribution in [1.29, 1.82) is 0 Å². The maximum Gasteiger partial charge on any atom is 0.252 e. The van der Waals surface area contributed by atoms with Crippen molar-refractivity contribution < 1.29 is 0 Å². The van der Waals surface area contributed by atoms with Gasteiger partial charge in [-0.05, 0) is 219 Å². The average Bonchev–Trinajstić information content (AvgIpc) is 0.752. The highest BCUT2D eigenvalue weighted by atomic mass is 15.2. The number of aromatic nitrogens is 1. The van der Waals surface area contributed by atoms with E-state index in [-0.39, 0.29) is 39.2 Å². The van der Waals surface area contributed by atoms with Gasteiger partial charge in [0.1, 0.15) is 0 Å². The van der Waals surface area contributed by atoms with E-state index in [4.69, 9.17) is 0 Å². The molecule has 0 unspecified atom stereocenters. The number of benzene rings is 11. The van der Waals surface area contributed by atoms with Crippen LogP contribution >= 0.6 is 0 Å². The third kappa shape index (κ3) is 9.74. The van der Waals surface area contributed by atoms with Crippen molar-refractivity contribution in [2.75, 3.05) is 9.80 Å². The molecule has 1 aromatic heterocycles. The number of para-hydroxylation sites is 2. The summed E-state index contributed by atoms with van der Waals surface area (Å²) in [4.78, 5) is 5.22. The minimum Gasteiger partial charge on any atom is -0.311 e. The van der Waals surface area contributed by atoms with Crippen LogP contribution in [0.3, 0.4) is 0 Å². The Balaban J connectivity index is 0.949. The molecule has 0 N–H and O–H groups in total. The molecule has 0 saturated heterocycles. The summed E-state index contributed by atoms with van der Waals surface area (Å²) >= 11 is 0. The van der Waals surface area contributed by atoms with E-state index in [2.05, 4.69) is 342 Å². The van der Waals surface area contributed by atoms with E-state index in [0.717, 1.165) is 17.1 Å². The molecule has 0 amide bonds. The maximum absolute atomic E-state index is 2.62. The first-order valence-corrected chi connectivity index (χ1v) is 34.6. The van der Waals surface area contributed by atoms with Gasteiger partial charge in [0, 0.05) is 50.6 Å². The van der Waals surface area contributed by atoms with Gasteiger partial charge >= 0.3 is 0 Å². The smallest absolute Gasteiger partial charge is 0.252 e. The Morgan fingerprint density at radius 3 is 1.13 bits per heavy atom. The molecule has 3 nitrogen and oxygen atoms in total. The van der Waals surface area contributed by atoms with Crippen LogP contribution in [0.5, 0.6) is 0 Å². The number of hydrogen-bond donors (Lipinski definition) is 0. The van der Waals surface area contributed by atoms with E-state index < -0.39 is 0 Å². The molecule has 11 aromatic carbocycles. The number of rotatable bonds is 7. The second kappa shape index (κ2) is 21.2. The summed E-state index contributed by atoms with van der Waals surface area (Å²) in [6.07, 6.45) is 4.75. The standard InChI is InChI=1S/C90H88BN3/c1-85(2,3)65-34-23-57(24-35-65)63-33-46-80-77(53-63)91-76-45-42-69(94-78-21-17-15-19-70(78)71-20-16-18-22-79(71)94)56-81(76)93(68-40-29-59(30-41-68)62-32-44-73-75(52-62)90(13,14)50-48-88(73,9)10)83-55-64(60-25-36-66(37-26-60)86(4,5)6)54-82(84(83)91)92(80)67-38-27-58(28-39-67)61-31-43-72-74(51-61)89(11,12)49-47-87(72,7)8/h15-46,51-56H,47-50H2,1-14H3. The molecule has 466 valence electrons. The fourth-order valence-corrected chi connectivity index (χ4v) is 16.7. The zero-order valence-corrected chi connectivity index (χ0v) is 57.7. The Kier molecular flexibility index (Phi) is 13.5. The van der Waals surface area contributed by atoms with Crippen molar-refractivity contribution >= 4 is 79.0 Å². The van der Waals surface area contributed by atoms with Crippen LogP contribution in [-0.2, 0) is 32.5 Å².